The highest BCUT2D eigenvalue weighted by molar-refractivity contribution is 6.18. The number of carboxylic acid groups (broad SMARTS) is 1. The van der Waals surface area contributed by atoms with Crippen molar-refractivity contribution < 1.29 is 29.0 Å². The summed E-state index contributed by atoms with van der Waals surface area (Å²) < 4.78 is 5.04. The van der Waals surface area contributed by atoms with Crippen LogP contribution < -0.4 is 10.1 Å². The van der Waals surface area contributed by atoms with E-state index in [9.17, 15) is 19.2 Å². The van der Waals surface area contributed by atoms with Gasteiger partial charge in [0.15, 0.2) is 6.04 Å². The number of imide groups is 1. The highest BCUT2D eigenvalue weighted by Crippen LogP contribution is 2.19. The molecule has 1 heterocycles. The molecule has 3 amide bonds. The monoisotopic (exact) mass is 437 g/mol. The summed E-state index contributed by atoms with van der Waals surface area (Å²) in [5.41, 5.74) is 1.13. The zero-order valence-electron chi connectivity index (χ0n) is 17.2. The number of carboxylic acids is 1. The van der Waals surface area contributed by atoms with E-state index in [1.165, 1.54) is 38.3 Å². The summed E-state index contributed by atoms with van der Waals surface area (Å²) in [7, 11) is 1.52. The van der Waals surface area contributed by atoms with Crippen molar-refractivity contribution in [1.29, 1.82) is 0 Å². The molecule has 0 radical (unpaired) electrons. The minimum absolute atomic E-state index is 0.0864. The number of carbonyl (C=O) groups is 4. The van der Waals surface area contributed by atoms with Gasteiger partial charge in [-0.1, -0.05) is 0 Å². The standard InChI is InChI=1S/C21H19N5O6/c1-12-19(24-23-15-5-3-13(4-6-15)21(30)31)20(29)26(25-12)18(28)11-17(27)22-14-7-9-16(32-2)10-8-14/h3-10,19H,11H2,1-2H3,(H,22,27)(H,30,31)/t19-/m1/s1. The lowest BCUT2D eigenvalue weighted by atomic mass is 10.2. The molecule has 1 atom stereocenters. The number of aromatic carboxylic acids is 1. The molecule has 1 aliphatic heterocycles. The molecule has 0 spiro atoms. The van der Waals surface area contributed by atoms with Crippen molar-refractivity contribution >= 4 is 40.8 Å². The van der Waals surface area contributed by atoms with Gasteiger partial charge in [0.25, 0.3) is 11.8 Å². The summed E-state index contributed by atoms with van der Waals surface area (Å²) in [5, 5.41) is 23.8. The lowest BCUT2D eigenvalue weighted by Crippen LogP contribution is -2.36. The highest BCUT2D eigenvalue weighted by Gasteiger charge is 2.38. The number of amides is 3. The smallest absolute Gasteiger partial charge is 0.335 e. The molecule has 1 aliphatic rings. The van der Waals surface area contributed by atoms with Crippen LogP contribution in [0.2, 0.25) is 0 Å². The minimum Gasteiger partial charge on any atom is -0.497 e. The van der Waals surface area contributed by atoms with E-state index >= 15 is 0 Å². The summed E-state index contributed by atoms with van der Waals surface area (Å²) in [4.78, 5) is 48.0. The largest absolute Gasteiger partial charge is 0.497 e. The highest BCUT2D eigenvalue weighted by atomic mass is 16.5. The maximum absolute atomic E-state index is 12.5. The summed E-state index contributed by atoms with van der Waals surface area (Å²) in [6.07, 6.45) is -0.588. The first-order chi connectivity index (χ1) is 15.3. The molecule has 0 saturated carbocycles. The van der Waals surface area contributed by atoms with E-state index in [1.54, 1.807) is 24.3 Å². The fourth-order valence-electron chi connectivity index (χ4n) is 2.75. The topological polar surface area (TPSA) is 150 Å². The number of hydrazone groups is 1. The molecule has 0 aromatic heterocycles. The second-order valence-electron chi connectivity index (χ2n) is 6.71. The number of carbonyl (C=O) groups excluding carboxylic acids is 3. The Morgan fingerprint density at radius 3 is 2.38 bits per heavy atom. The number of hydrogen-bond donors (Lipinski definition) is 2. The number of rotatable bonds is 7. The second kappa shape index (κ2) is 9.60. The Labute approximate surface area is 182 Å². The predicted octanol–water partition coefficient (Wildman–Crippen LogP) is 2.62. The van der Waals surface area contributed by atoms with Crippen LogP contribution in [0.3, 0.4) is 0 Å². The van der Waals surface area contributed by atoms with Gasteiger partial charge in [0.1, 0.15) is 12.2 Å². The Balaban J connectivity index is 1.60. The summed E-state index contributed by atoms with van der Waals surface area (Å²) in [6, 6.07) is 11.0. The van der Waals surface area contributed by atoms with Crippen LogP contribution in [0.5, 0.6) is 5.75 Å². The van der Waals surface area contributed by atoms with Crippen LogP contribution >= 0.6 is 0 Å². The predicted molar refractivity (Wildman–Crippen MR) is 113 cm³/mol. The number of nitrogens with one attached hydrogen (secondary N) is 1. The van der Waals surface area contributed by atoms with Crippen LogP contribution in [-0.4, -0.2) is 52.7 Å². The minimum atomic E-state index is -1.11. The zero-order valence-corrected chi connectivity index (χ0v) is 17.2. The van der Waals surface area contributed by atoms with Crippen molar-refractivity contribution in [2.45, 2.75) is 19.4 Å². The first-order valence-electron chi connectivity index (χ1n) is 9.38. The summed E-state index contributed by atoms with van der Waals surface area (Å²) in [6.45, 7) is 1.51. The van der Waals surface area contributed by atoms with Gasteiger partial charge in [-0.15, -0.1) is 0 Å². The zero-order chi connectivity index (χ0) is 23.3. The first kappa shape index (κ1) is 22.3. The van der Waals surface area contributed by atoms with Crippen molar-refractivity contribution in [3.8, 4) is 5.75 Å². The molecular formula is C21H19N5O6. The van der Waals surface area contributed by atoms with E-state index < -0.39 is 36.2 Å². The SMILES string of the molecule is COc1ccc(NC(=O)CC(=O)N2N=C(C)[C@@H](N=Nc3ccc(C(=O)O)cc3)C2=O)cc1. The van der Waals surface area contributed by atoms with Crippen molar-refractivity contribution in [3.63, 3.8) is 0 Å². The molecule has 0 saturated heterocycles. The number of methoxy groups -OCH3 is 1. The Morgan fingerprint density at radius 2 is 1.78 bits per heavy atom. The summed E-state index contributed by atoms with van der Waals surface area (Å²) >= 11 is 0. The number of azo groups is 1. The summed E-state index contributed by atoms with van der Waals surface area (Å²) in [5.74, 6) is -2.60. The normalized spacial score (nSPS) is 15.6. The number of nitrogens with zero attached hydrogens (tertiary/aromatic N) is 4. The molecule has 32 heavy (non-hydrogen) atoms. The van der Waals surface area contributed by atoms with Gasteiger partial charge in [-0.25, -0.2) is 4.79 Å². The fourth-order valence-corrected chi connectivity index (χ4v) is 2.75. The lowest BCUT2D eigenvalue weighted by molar-refractivity contribution is -0.144. The van der Waals surface area contributed by atoms with E-state index in [1.807, 2.05) is 0 Å². The maximum atomic E-state index is 12.5. The van der Waals surface area contributed by atoms with Gasteiger partial charge < -0.3 is 15.2 Å². The Morgan fingerprint density at radius 1 is 1.12 bits per heavy atom. The quantitative estimate of drug-likeness (QED) is 0.502. The van der Waals surface area contributed by atoms with Crippen LogP contribution in [0.4, 0.5) is 11.4 Å². The van der Waals surface area contributed by atoms with E-state index in [0.29, 0.717) is 22.1 Å². The maximum Gasteiger partial charge on any atom is 0.335 e. The number of ether oxygens (including phenoxy) is 1. The first-order valence-corrected chi connectivity index (χ1v) is 9.38. The van der Waals surface area contributed by atoms with E-state index in [4.69, 9.17) is 9.84 Å². The van der Waals surface area contributed by atoms with Crippen molar-refractivity contribution in [2.75, 3.05) is 12.4 Å². The molecule has 0 unspecified atom stereocenters. The van der Waals surface area contributed by atoms with Crippen LogP contribution in [-0.2, 0) is 14.4 Å². The van der Waals surface area contributed by atoms with E-state index in [2.05, 4.69) is 20.6 Å². The molecule has 2 aromatic rings. The molecule has 0 fully saturated rings. The molecular weight excluding hydrogens is 418 g/mol. The lowest BCUT2D eigenvalue weighted by Gasteiger charge is -2.11. The van der Waals surface area contributed by atoms with Crippen molar-refractivity contribution in [2.24, 2.45) is 15.3 Å². The van der Waals surface area contributed by atoms with Crippen LogP contribution in [0, 0.1) is 0 Å². The van der Waals surface area contributed by atoms with Gasteiger partial charge in [-0.05, 0) is 55.5 Å². The van der Waals surface area contributed by atoms with Gasteiger partial charge in [0.05, 0.1) is 24.1 Å². The molecule has 0 aliphatic carbocycles. The van der Waals surface area contributed by atoms with Gasteiger partial charge in [0, 0.05) is 5.69 Å². The molecule has 3 rings (SSSR count). The van der Waals surface area contributed by atoms with Gasteiger partial charge in [-0.3, -0.25) is 14.4 Å². The van der Waals surface area contributed by atoms with Crippen molar-refractivity contribution in [3.05, 3.63) is 54.1 Å². The second-order valence-corrected chi connectivity index (χ2v) is 6.71. The third-order valence-corrected chi connectivity index (χ3v) is 4.42. The van der Waals surface area contributed by atoms with Crippen LogP contribution in [0.15, 0.2) is 63.9 Å². The van der Waals surface area contributed by atoms with Gasteiger partial charge in [-0.2, -0.15) is 20.3 Å². The average Bonchev–Trinajstić information content (AvgIpc) is 3.06. The molecule has 164 valence electrons. The third-order valence-electron chi connectivity index (χ3n) is 4.42. The fraction of sp³-hybridized carbons (Fsp3) is 0.190. The molecule has 2 N–H and O–H groups in total. The third kappa shape index (κ3) is 5.19. The molecule has 2 aromatic carbocycles. The Kier molecular flexibility index (Phi) is 6.68. The number of anilines is 1. The van der Waals surface area contributed by atoms with Crippen molar-refractivity contribution in [1.82, 2.24) is 5.01 Å². The average molecular weight is 437 g/mol. The van der Waals surface area contributed by atoms with Crippen LogP contribution in [0.25, 0.3) is 0 Å². The van der Waals surface area contributed by atoms with E-state index in [0.717, 1.165) is 0 Å². The Bertz CT molecular complexity index is 1110. The number of benzene rings is 2. The van der Waals surface area contributed by atoms with Gasteiger partial charge >= 0.3 is 5.97 Å². The number of hydrogen-bond acceptors (Lipinski definition) is 8. The molecule has 11 nitrogen and oxygen atoms in total. The van der Waals surface area contributed by atoms with E-state index in [-0.39, 0.29) is 11.3 Å². The molecule has 11 heteroatoms. The Hall–Kier alpha value is -4.41. The van der Waals surface area contributed by atoms with Crippen LogP contribution in [0.1, 0.15) is 23.7 Å². The van der Waals surface area contributed by atoms with Gasteiger partial charge in [0.2, 0.25) is 5.91 Å². The molecule has 0 bridgehead atoms.